The van der Waals surface area contributed by atoms with Gasteiger partial charge in [0.2, 0.25) is 5.91 Å². The van der Waals surface area contributed by atoms with E-state index in [4.69, 9.17) is 0 Å². The monoisotopic (exact) mass is 318 g/mol. The standard InChI is InChI=1S/C18H30N4O/c1-3-17-19-8-13-22(17)14-18(23)21-11-6-16(7-12-21)15(2)20-9-4-5-10-20/h8,13,15-16H,3-7,9-12,14H2,1-2H3/t15-/m1/s1. The SMILES string of the molecule is CCc1nccn1CC(=O)N1CCC([C@@H](C)N2CCCC2)CC1. The van der Waals surface area contributed by atoms with Crippen LogP contribution in [0.15, 0.2) is 12.4 Å². The van der Waals surface area contributed by atoms with Crippen LogP contribution in [0.3, 0.4) is 0 Å². The summed E-state index contributed by atoms with van der Waals surface area (Å²) in [7, 11) is 0. The first-order chi connectivity index (χ1) is 11.2. The number of imidazole rings is 1. The number of likely N-dealkylation sites (tertiary alicyclic amines) is 2. The molecule has 23 heavy (non-hydrogen) atoms. The number of carbonyl (C=O) groups is 1. The number of piperidine rings is 1. The average Bonchev–Trinajstić information content (AvgIpc) is 3.25. The minimum absolute atomic E-state index is 0.241. The van der Waals surface area contributed by atoms with Gasteiger partial charge >= 0.3 is 0 Å². The maximum Gasteiger partial charge on any atom is 0.242 e. The van der Waals surface area contributed by atoms with Crippen LogP contribution < -0.4 is 0 Å². The van der Waals surface area contributed by atoms with Crippen LogP contribution in [-0.2, 0) is 17.8 Å². The molecule has 0 aliphatic carbocycles. The molecule has 1 aromatic rings. The van der Waals surface area contributed by atoms with E-state index >= 15 is 0 Å². The van der Waals surface area contributed by atoms with Crippen molar-refractivity contribution >= 4 is 5.91 Å². The predicted molar refractivity (Wildman–Crippen MR) is 91.2 cm³/mol. The van der Waals surface area contributed by atoms with Gasteiger partial charge in [-0.2, -0.15) is 0 Å². The van der Waals surface area contributed by atoms with Crippen LogP contribution in [0.25, 0.3) is 0 Å². The van der Waals surface area contributed by atoms with Crippen molar-refractivity contribution in [1.29, 1.82) is 0 Å². The van der Waals surface area contributed by atoms with E-state index in [1.165, 1.54) is 25.9 Å². The van der Waals surface area contributed by atoms with Gasteiger partial charge in [0.25, 0.3) is 0 Å². The van der Waals surface area contributed by atoms with E-state index in [0.717, 1.165) is 44.1 Å². The molecule has 1 atom stereocenters. The van der Waals surface area contributed by atoms with E-state index in [1.54, 1.807) is 6.20 Å². The molecule has 0 N–H and O–H groups in total. The fraction of sp³-hybridized carbons (Fsp3) is 0.778. The molecule has 2 aliphatic rings. The Labute approximate surface area is 139 Å². The molecule has 0 unspecified atom stereocenters. The lowest BCUT2D eigenvalue weighted by atomic mass is 9.89. The summed E-state index contributed by atoms with van der Waals surface area (Å²) in [6.45, 7) is 9.26. The van der Waals surface area contributed by atoms with Crippen LogP contribution in [0.1, 0.15) is 45.4 Å². The van der Waals surface area contributed by atoms with Gasteiger partial charge < -0.3 is 14.4 Å². The first-order valence-corrected chi connectivity index (χ1v) is 9.21. The molecule has 2 saturated heterocycles. The van der Waals surface area contributed by atoms with Crippen molar-refractivity contribution in [1.82, 2.24) is 19.4 Å². The second kappa shape index (κ2) is 7.47. The second-order valence-electron chi connectivity index (χ2n) is 7.03. The molecule has 5 heteroatoms. The van der Waals surface area contributed by atoms with Crippen LogP contribution >= 0.6 is 0 Å². The summed E-state index contributed by atoms with van der Waals surface area (Å²) in [6, 6.07) is 0.676. The minimum Gasteiger partial charge on any atom is -0.341 e. The summed E-state index contributed by atoms with van der Waals surface area (Å²) in [5, 5.41) is 0. The van der Waals surface area contributed by atoms with Gasteiger partial charge in [0.1, 0.15) is 12.4 Å². The van der Waals surface area contributed by atoms with Gasteiger partial charge in [-0.25, -0.2) is 4.98 Å². The van der Waals surface area contributed by atoms with Crippen molar-refractivity contribution in [2.45, 2.75) is 58.5 Å². The van der Waals surface area contributed by atoms with Crippen molar-refractivity contribution in [3.05, 3.63) is 18.2 Å². The summed E-state index contributed by atoms with van der Waals surface area (Å²) in [6.07, 6.45) is 9.57. The van der Waals surface area contributed by atoms with E-state index in [0.29, 0.717) is 12.6 Å². The zero-order chi connectivity index (χ0) is 16.2. The smallest absolute Gasteiger partial charge is 0.242 e. The van der Waals surface area contributed by atoms with E-state index in [-0.39, 0.29) is 5.91 Å². The fourth-order valence-corrected chi connectivity index (χ4v) is 4.12. The normalized spacial score (nSPS) is 21.7. The van der Waals surface area contributed by atoms with Crippen molar-refractivity contribution in [3.63, 3.8) is 0 Å². The van der Waals surface area contributed by atoms with Crippen LogP contribution in [0.4, 0.5) is 0 Å². The summed E-state index contributed by atoms with van der Waals surface area (Å²) in [5.41, 5.74) is 0. The van der Waals surface area contributed by atoms with Crippen LogP contribution in [0.2, 0.25) is 0 Å². The van der Waals surface area contributed by atoms with E-state index in [1.807, 2.05) is 15.7 Å². The van der Waals surface area contributed by atoms with Crippen LogP contribution in [0.5, 0.6) is 0 Å². The summed E-state index contributed by atoms with van der Waals surface area (Å²) in [5.74, 6) is 1.98. The van der Waals surface area contributed by atoms with E-state index in [9.17, 15) is 4.79 Å². The lowest BCUT2D eigenvalue weighted by molar-refractivity contribution is -0.133. The number of aromatic nitrogens is 2. The molecule has 3 heterocycles. The van der Waals surface area contributed by atoms with Gasteiger partial charge in [0, 0.05) is 37.9 Å². The molecule has 0 radical (unpaired) electrons. The molecular formula is C18H30N4O. The number of amides is 1. The third-order valence-electron chi connectivity index (χ3n) is 5.71. The second-order valence-corrected chi connectivity index (χ2v) is 7.03. The van der Waals surface area contributed by atoms with E-state index < -0.39 is 0 Å². The van der Waals surface area contributed by atoms with Crippen molar-refractivity contribution in [3.8, 4) is 0 Å². The molecule has 128 valence electrons. The maximum absolute atomic E-state index is 12.5. The lowest BCUT2D eigenvalue weighted by Gasteiger charge is -2.38. The van der Waals surface area contributed by atoms with Gasteiger partial charge in [0.05, 0.1) is 0 Å². The van der Waals surface area contributed by atoms with Gasteiger partial charge in [-0.3, -0.25) is 4.79 Å². The lowest BCUT2D eigenvalue weighted by Crippen LogP contribution is -2.45. The number of rotatable bonds is 5. The number of hydrogen-bond acceptors (Lipinski definition) is 3. The zero-order valence-electron chi connectivity index (χ0n) is 14.6. The Balaban J connectivity index is 1.49. The molecule has 3 rings (SSSR count). The highest BCUT2D eigenvalue weighted by atomic mass is 16.2. The fourth-order valence-electron chi connectivity index (χ4n) is 4.12. The summed E-state index contributed by atoms with van der Waals surface area (Å²) >= 11 is 0. The Kier molecular flexibility index (Phi) is 5.36. The summed E-state index contributed by atoms with van der Waals surface area (Å²) < 4.78 is 1.99. The summed E-state index contributed by atoms with van der Waals surface area (Å²) in [4.78, 5) is 21.5. The minimum atomic E-state index is 0.241. The highest BCUT2D eigenvalue weighted by Gasteiger charge is 2.30. The first kappa shape index (κ1) is 16.5. The molecule has 1 amide bonds. The number of carbonyl (C=O) groups excluding carboxylic acids is 1. The molecule has 5 nitrogen and oxygen atoms in total. The van der Waals surface area contributed by atoms with Gasteiger partial charge in [-0.1, -0.05) is 6.92 Å². The maximum atomic E-state index is 12.5. The van der Waals surface area contributed by atoms with Crippen LogP contribution in [0, 0.1) is 5.92 Å². The molecule has 1 aromatic heterocycles. The Morgan fingerprint density at radius 3 is 2.61 bits per heavy atom. The van der Waals surface area contributed by atoms with Gasteiger partial charge in [0.15, 0.2) is 0 Å². The third-order valence-corrected chi connectivity index (χ3v) is 5.71. The molecular weight excluding hydrogens is 288 g/mol. The van der Waals surface area contributed by atoms with Crippen LogP contribution in [-0.4, -0.2) is 57.5 Å². The molecule has 0 aromatic carbocycles. The topological polar surface area (TPSA) is 41.4 Å². The molecule has 0 bridgehead atoms. The largest absolute Gasteiger partial charge is 0.341 e. The number of aryl methyl sites for hydroxylation is 1. The van der Waals surface area contributed by atoms with Gasteiger partial charge in [-0.15, -0.1) is 0 Å². The predicted octanol–water partition coefficient (Wildman–Crippen LogP) is 2.17. The highest BCUT2D eigenvalue weighted by molar-refractivity contribution is 5.76. The Morgan fingerprint density at radius 1 is 1.26 bits per heavy atom. The number of hydrogen-bond donors (Lipinski definition) is 0. The third kappa shape index (κ3) is 3.77. The zero-order valence-corrected chi connectivity index (χ0v) is 14.6. The Morgan fingerprint density at radius 2 is 1.96 bits per heavy atom. The quantitative estimate of drug-likeness (QED) is 0.835. The average molecular weight is 318 g/mol. The Bertz CT molecular complexity index is 513. The molecule has 0 saturated carbocycles. The molecule has 0 spiro atoms. The highest BCUT2D eigenvalue weighted by Crippen LogP contribution is 2.26. The van der Waals surface area contributed by atoms with Crippen molar-refractivity contribution in [2.24, 2.45) is 5.92 Å². The number of nitrogens with zero attached hydrogens (tertiary/aromatic N) is 4. The molecule has 2 fully saturated rings. The molecule has 2 aliphatic heterocycles. The first-order valence-electron chi connectivity index (χ1n) is 9.21. The Hall–Kier alpha value is -1.36. The van der Waals surface area contributed by atoms with Crippen molar-refractivity contribution < 1.29 is 4.79 Å². The van der Waals surface area contributed by atoms with Gasteiger partial charge in [-0.05, 0) is 51.6 Å². The van der Waals surface area contributed by atoms with Crippen molar-refractivity contribution in [2.75, 3.05) is 26.2 Å². The van der Waals surface area contributed by atoms with E-state index in [2.05, 4.69) is 23.7 Å².